The highest BCUT2D eigenvalue weighted by Crippen LogP contribution is 2.34. The summed E-state index contributed by atoms with van der Waals surface area (Å²) < 4.78 is 2.57. The van der Waals surface area contributed by atoms with E-state index in [9.17, 15) is 19.2 Å². The predicted octanol–water partition coefficient (Wildman–Crippen LogP) is 4.65. The smallest absolute Gasteiger partial charge is 0.325 e. The van der Waals surface area contributed by atoms with E-state index in [2.05, 4.69) is 5.32 Å². The zero-order valence-electron chi connectivity index (χ0n) is 19.7. The first-order valence-corrected chi connectivity index (χ1v) is 12.9. The first-order valence-electron chi connectivity index (χ1n) is 11.8. The predicted molar refractivity (Wildman–Crippen MR) is 143 cm³/mol. The Labute approximate surface area is 216 Å². The summed E-state index contributed by atoms with van der Waals surface area (Å²) in [6, 6.07) is 13.7. The SMILES string of the molecule is CC(=O)c1cccc(NC(=O)Cn2c(=O)n(Cc3ccccc3Cl)c(=O)c3c4c(sc32)CCCC4)c1. The largest absolute Gasteiger partial charge is 0.332 e. The highest BCUT2D eigenvalue weighted by molar-refractivity contribution is 7.18. The number of amides is 1. The van der Waals surface area contributed by atoms with Gasteiger partial charge < -0.3 is 5.32 Å². The molecule has 0 bridgehead atoms. The maximum atomic E-state index is 13.6. The molecule has 4 aromatic rings. The minimum atomic E-state index is -0.557. The van der Waals surface area contributed by atoms with Crippen LogP contribution in [0.4, 0.5) is 5.69 Å². The summed E-state index contributed by atoms with van der Waals surface area (Å²) in [5.41, 5.74) is 1.68. The molecule has 0 aliphatic heterocycles. The number of fused-ring (bicyclic) bond motifs is 3. The second kappa shape index (κ2) is 9.87. The molecular formula is C27H24ClN3O4S. The molecule has 7 nitrogen and oxygen atoms in total. The van der Waals surface area contributed by atoms with E-state index in [0.717, 1.165) is 36.1 Å². The number of anilines is 1. The van der Waals surface area contributed by atoms with Crippen LogP contribution in [0.2, 0.25) is 5.02 Å². The Morgan fingerprint density at radius 1 is 1.03 bits per heavy atom. The van der Waals surface area contributed by atoms with E-state index in [1.165, 1.54) is 27.4 Å². The molecule has 0 spiro atoms. The molecule has 184 valence electrons. The Balaban J connectivity index is 1.60. The molecule has 1 amide bonds. The zero-order chi connectivity index (χ0) is 25.4. The van der Waals surface area contributed by atoms with Gasteiger partial charge in [-0.05, 0) is 61.9 Å². The van der Waals surface area contributed by atoms with Crippen molar-refractivity contribution in [2.45, 2.75) is 45.7 Å². The van der Waals surface area contributed by atoms with Crippen molar-refractivity contribution in [1.29, 1.82) is 0 Å². The van der Waals surface area contributed by atoms with Crippen molar-refractivity contribution in [3.8, 4) is 0 Å². The van der Waals surface area contributed by atoms with Gasteiger partial charge in [-0.2, -0.15) is 0 Å². The number of thiophene rings is 1. The molecule has 0 saturated heterocycles. The Morgan fingerprint density at radius 2 is 1.81 bits per heavy atom. The van der Waals surface area contributed by atoms with Gasteiger partial charge in [-0.25, -0.2) is 4.79 Å². The maximum Gasteiger partial charge on any atom is 0.332 e. The number of rotatable bonds is 6. The maximum absolute atomic E-state index is 13.6. The summed E-state index contributed by atoms with van der Waals surface area (Å²) >= 11 is 7.76. The third kappa shape index (κ3) is 4.54. The molecule has 1 aliphatic carbocycles. The van der Waals surface area contributed by atoms with Crippen molar-refractivity contribution >= 4 is 50.5 Å². The number of ketones is 1. The van der Waals surface area contributed by atoms with Crippen LogP contribution in [0.5, 0.6) is 0 Å². The first-order chi connectivity index (χ1) is 17.3. The van der Waals surface area contributed by atoms with Crippen molar-refractivity contribution in [3.63, 3.8) is 0 Å². The minimum Gasteiger partial charge on any atom is -0.325 e. The lowest BCUT2D eigenvalue weighted by molar-refractivity contribution is -0.116. The van der Waals surface area contributed by atoms with Crippen LogP contribution in [0.15, 0.2) is 58.1 Å². The molecule has 2 heterocycles. The quantitative estimate of drug-likeness (QED) is 0.374. The topological polar surface area (TPSA) is 90.2 Å². The fourth-order valence-electron chi connectivity index (χ4n) is 4.65. The number of halogens is 1. The molecule has 0 unspecified atom stereocenters. The molecule has 0 fully saturated rings. The fourth-order valence-corrected chi connectivity index (χ4v) is 6.22. The molecule has 36 heavy (non-hydrogen) atoms. The van der Waals surface area contributed by atoms with Gasteiger partial charge in [0.05, 0.1) is 11.9 Å². The van der Waals surface area contributed by atoms with Gasteiger partial charge in [-0.3, -0.25) is 23.5 Å². The number of Topliss-reactive ketones (excluding diaryl/α,β-unsaturated/α-hetero) is 1. The summed E-state index contributed by atoms with van der Waals surface area (Å²) in [5, 5.41) is 3.76. The number of carbonyl (C=O) groups is 2. The van der Waals surface area contributed by atoms with Crippen LogP contribution in [-0.2, 0) is 30.7 Å². The average Bonchev–Trinajstić information content (AvgIpc) is 3.25. The number of benzene rings is 2. The van der Waals surface area contributed by atoms with Crippen LogP contribution in [-0.4, -0.2) is 20.8 Å². The molecule has 0 saturated carbocycles. The molecule has 0 atom stereocenters. The van der Waals surface area contributed by atoms with Gasteiger partial charge in [0.1, 0.15) is 11.4 Å². The van der Waals surface area contributed by atoms with Crippen molar-refractivity contribution in [3.05, 3.63) is 96.0 Å². The summed E-state index contributed by atoms with van der Waals surface area (Å²) in [6.45, 7) is 1.21. The molecular weight excluding hydrogens is 498 g/mol. The third-order valence-corrected chi connectivity index (χ3v) is 8.14. The van der Waals surface area contributed by atoms with Gasteiger partial charge in [0, 0.05) is 21.2 Å². The molecule has 9 heteroatoms. The highest BCUT2D eigenvalue weighted by atomic mass is 35.5. The average molecular weight is 522 g/mol. The summed E-state index contributed by atoms with van der Waals surface area (Å²) in [5.74, 6) is -0.534. The standard InChI is InChI=1S/C27H24ClN3O4S/c1-16(32)17-8-6-9-19(13-17)29-23(33)15-31-26-24(20-10-3-5-12-22(20)36-26)25(34)30(27(31)35)14-18-7-2-4-11-21(18)28/h2,4,6-9,11,13H,3,5,10,12,14-15H2,1H3,(H,29,33). The Kier molecular flexibility index (Phi) is 6.64. The minimum absolute atomic E-state index is 0.0141. The van der Waals surface area contributed by atoms with E-state index in [1.807, 2.05) is 0 Å². The summed E-state index contributed by atoms with van der Waals surface area (Å²) in [6.07, 6.45) is 3.65. The van der Waals surface area contributed by atoms with E-state index in [4.69, 9.17) is 11.6 Å². The number of hydrogen-bond donors (Lipinski definition) is 1. The number of nitrogens with one attached hydrogen (secondary N) is 1. The van der Waals surface area contributed by atoms with Gasteiger partial charge in [-0.15, -0.1) is 11.3 Å². The molecule has 2 aromatic heterocycles. The van der Waals surface area contributed by atoms with E-state index in [-0.39, 0.29) is 24.4 Å². The second-order valence-electron chi connectivity index (χ2n) is 8.93. The van der Waals surface area contributed by atoms with E-state index in [1.54, 1.807) is 48.5 Å². The fraction of sp³-hybridized carbons (Fsp3) is 0.259. The van der Waals surface area contributed by atoms with Gasteiger partial charge >= 0.3 is 5.69 Å². The van der Waals surface area contributed by atoms with Crippen molar-refractivity contribution < 1.29 is 9.59 Å². The van der Waals surface area contributed by atoms with Crippen LogP contribution >= 0.6 is 22.9 Å². The van der Waals surface area contributed by atoms with Gasteiger partial charge in [0.25, 0.3) is 5.56 Å². The highest BCUT2D eigenvalue weighted by Gasteiger charge is 2.25. The normalized spacial score (nSPS) is 12.9. The van der Waals surface area contributed by atoms with Gasteiger partial charge in [-0.1, -0.05) is 41.9 Å². The molecule has 1 aliphatic rings. The van der Waals surface area contributed by atoms with Crippen LogP contribution in [0.3, 0.4) is 0 Å². The lowest BCUT2D eigenvalue weighted by Crippen LogP contribution is -2.41. The Hall–Kier alpha value is -3.49. The van der Waals surface area contributed by atoms with Crippen molar-refractivity contribution in [2.24, 2.45) is 0 Å². The van der Waals surface area contributed by atoms with Crippen LogP contribution in [0.1, 0.15) is 46.1 Å². The van der Waals surface area contributed by atoms with Gasteiger partial charge in [0.2, 0.25) is 5.91 Å². The number of carbonyl (C=O) groups excluding carboxylic acids is 2. The summed E-state index contributed by atoms with van der Waals surface area (Å²) in [7, 11) is 0. The number of nitrogens with zero attached hydrogens (tertiary/aromatic N) is 2. The third-order valence-electron chi connectivity index (χ3n) is 6.46. The molecule has 0 radical (unpaired) electrons. The van der Waals surface area contributed by atoms with E-state index >= 15 is 0 Å². The van der Waals surface area contributed by atoms with E-state index < -0.39 is 11.6 Å². The van der Waals surface area contributed by atoms with Crippen LogP contribution in [0, 0.1) is 0 Å². The lowest BCUT2D eigenvalue weighted by Gasteiger charge is -2.14. The molecule has 2 aromatic carbocycles. The molecule has 5 rings (SSSR count). The van der Waals surface area contributed by atoms with Gasteiger partial charge in [0.15, 0.2) is 5.78 Å². The Morgan fingerprint density at radius 3 is 2.58 bits per heavy atom. The monoisotopic (exact) mass is 521 g/mol. The number of aryl methyl sites for hydroxylation is 2. The molecule has 1 N–H and O–H groups in total. The number of hydrogen-bond acceptors (Lipinski definition) is 5. The lowest BCUT2D eigenvalue weighted by atomic mass is 9.97. The second-order valence-corrected chi connectivity index (χ2v) is 10.4. The zero-order valence-corrected chi connectivity index (χ0v) is 21.2. The van der Waals surface area contributed by atoms with Crippen molar-refractivity contribution in [2.75, 3.05) is 5.32 Å². The van der Waals surface area contributed by atoms with Crippen LogP contribution in [0.25, 0.3) is 10.2 Å². The summed E-state index contributed by atoms with van der Waals surface area (Å²) in [4.78, 5) is 53.6. The van der Waals surface area contributed by atoms with E-state index in [0.29, 0.717) is 32.1 Å². The first kappa shape index (κ1) is 24.2. The Bertz CT molecular complexity index is 1630. The van der Waals surface area contributed by atoms with Crippen LogP contribution < -0.4 is 16.6 Å². The van der Waals surface area contributed by atoms with Crippen molar-refractivity contribution in [1.82, 2.24) is 9.13 Å². The number of aromatic nitrogens is 2.